The molecule has 0 unspecified atom stereocenters. The van der Waals surface area contributed by atoms with E-state index < -0.39 is 5.63 Å². The van der Waals surface area contributed by atoms with Gasteiger partial charge in [-0.25, -0.2) is 4.79 Å². The summed E-state index contributed by atoms with van der Waals surface area (Å²) in [6, 6.07) is 12.6. The Hall–Kier alpha value is -2.95. The number of hydrogen-bond donors (Lipinski definition) is 0. The first kappa shape index (κ1) is 15.9. The highest BCUT2D eigenvalue weighted by Gasteiger charge is 2.15. The maximum atomic E-state index is 12.5. The lowest BCUT2D eigenvalue weighted by Crippen LogP contribution is -2.05. The Balaban J connectivity index is 2.21. The summed E-state index contributed by atoms with van der Waals surface area (Å²) in [4.78, 5) is 12.5. The van der Waals surface area contributed by atoms with Crippen molar-refractivity contribution in [1.29, 1.82) is 0 Å². The molecule has 1 heterocycles. The van der Waals surface area contributed by atoms with Gasteiger partial charge in [0.25, 0.3) is 0 Å². The molecule has 24 heavy (non-hydrogen) atoms. The molecule has 5 heteroatoms. The zero-order valence-electron chi connectivity index (χ0n) is 13.8. The summed E-state index contributed by atoms with van der Waals surface area (Å²) in [6.45, 7) is 2.38. The van der Waals surface area contributed by atoms with Gasteiger partial charge in [-0.05, 0) is 31.2 Å². The number of ether oxygens (including phenoxy) is 3. The van der Waals surface area contributed by atoms with Gasteiger partial charge in [-0.3, -0.25) is 0 Å². The first-order valence-electron chi connectivity index (χ1n) is 7.60. The summed E-state index contributed by atoms with van der Waals surface area (Å²) >= 11 is 0. The number of rotatable bonds is 5. The Morgan fingerprint density at radius 2 is 1.79 bits per heavy atom. The fraction of sp³-hybridized carbons (Fsp3) is 0.211. The summed E-state index contributed by atoms with van der Waals surface area (Å²) in [7, 11) is 3.13. The molecule has 0 spiro atoms. The van der Waals surface area contributed by atoms with Gasteiger partial charge in [-0.1, -0.05) is 12.1 Å². The van der Waals surface area contributed by atoms with Crippen molar-refractivity contribution < 1.29 is 18.6 Å². The Bertz CT molecular complexity index is 927. The van der Waals surface area contributed by atoms with Gasteiger partial charge in [0.2, 0.25) is 0 Å². The lowest BCUT2D eigenvalue weighted by Gasteiger charge is -2.11. The number of para-hydroxylation sites is 1. The van der Waals surface area contributed by atoms with E-state index in [1.807, 2.05) is 19.1 Å². The second-order valence-electron chi connectivity index (χ2n) is 5.12. The third kappa shape index (κ3) is 2.80. The zero-order valence-corrected chi connectivity index (χ0v) is 13.8. The minimum Gasteiger partial charge on any atom is -0.497 e. The van der Waals surface area contributed by atoms with Crippen LogP contribution < -0.4 is 19.8 Å². The molecule has 3 rings (SSSR count). The van der Waals surface area contributed by atoms with Gasteiger partial charge in [0, 0.05) is 17.0 Å². The SMILES string of the molecule is CCOc1cccc2cc(-c3ccc(OC)cc3OC)c(=O)oc12. The van der Waals surface area contributed by atoms with Crippen LogP contribution in [0.25, 0.3) is 22.1 Å². The maximum Gasteiger partial charge on any atom is 0.344 e. The number of methoxy groups -OCH3 is 2. The molecule has 0 aliphatic carbocycles. The topological polar surface area (TPSA) is 57.9 Å². The Morgan fingerprint density at radius 3 is 2.50 bits per heavy atom. The second kappa shape index (κ2) is 6.66. The normalized spacial score (nSPS) is 10.6. The minimum atomic E-state index is -0.446. The molecule has 0 aliphatic rings. The molecular formula is C19H18O5. The van der Waals surface area contributed by atoms with Crippen LogP contribution in [0, 0.1) is 0 Å². The van der Waals surface area contributed by atoms with Gasteiger partial charge in [-0.2, -0.15) is 0 Å². The quantitative estimate of drug-likeness (QED) is 0.666. The molecule has 0 N–H and O–H groups in total. The molecule has 3 aromatic rings. The lowest BCUT2D eigenvalue weighted by molar-refractivity contribution is 0.337. The summed E-state index contributed by atoms with van der Waals surface area (Å²) in [5.74, 6) is 1.75. The van der Waals surface area contributed by atoms with E-state index in [2.05, 4.69) is 0 Å². The van der Waals surface area contributed by atoms with E-state index >= 15 is 0 Å². The average molecular weight is 326 g/mol. The van der Waals surface area contributed by atoms with Crippen molar-refractivity contribution in [3.05, 3.63) is 52.9 Å². The summed E-state index contributed by atoms with van der Waals surface area (Å²) < 4.78 is 21.6. The van der Waals surface area contributed by atoms with E-state index in [0.29, 0.717) is 40.6 Å². The van der Waals surface area contributed by atoms with Crippen LogP contribution in [0.15, 0.2) is 51.7 Å². The van der Waals surface area contributed by atoms with E-state index in [-0.39, 0.29) is 0 Å². The average Bonchev–Trinajstić information content (AvgIpc) is 2.61. The number of hydrogen-bond acceptors (Lipinski definition) is 5. The van der Waals surface area contributed by atoms with Crippen LogP contribution in [-0.4, -0.2) is 20.8 Å². The molecule has 5 nitrogen and oxygen atoms in total. The molecule has 0 amide bonds. The monoisotopic (exact) mass is 326 g/mol. The largest absolute Gasteiger partial charge is 0.497 e. The van der Waals surface area contributed by atoms with Crippen LogP contribution in [-0.2, 0) is 0 Å². The van der Waals surface area contributed by atoms with Crippen LogP contribution in [0.4, 0.5) is 0 Å². The summed E-state index contributed by atoms with van der Waals surface area (Å²) in [6.07, 6.45) is 0. The van der Waals surface area contributed by atoms with Crippen LogP contribution in [0.5, 0.6) is 17.2 Å². The third-order valence-electron chi connectivity index (χ3n) is 3.72. The molecule has 0 fully saturated rings. The van der Waals surface area contributed by atoms with Crippen LogP contribution >= 0.6 is 0 Å². The molecule has 0 saturated heterocycles. The smallest absolute Gasteiger partial charge is 0.344 e. The molecule has 0 saturated carbocycles. The van der Waals surface area contributed by atoms with Crippen LogP contribution in [0.1, 0.15) is 6.92 Å². The molecular weight excluding hydrogens is 308 g/mol. The second-order valence-corrected chi connectivity index (χ2v) is 5.12. The predicted octanol–water partition coefficient (Wildman–Crippen LogP) is 3.88. The van der Waals surface area contributed by atoms with Crippen LogP contribution in [0.2, 0.25) is 0 Å². The minimum absolute atomic E-state index is 0.427. The highest BCUT2D eigenvalue weighted by Crippen LogP contribution is 2.34. The highest BCUT2D eigenvalue weighted by atomic mass is 16.5. The first-order chi connectivity index (χ1) is 11.7. The standard InChI is InChI=1S/C19H18O5/c1-4-23-16-7-5-6-12-10-15(19(20)24-18(12)16)14-9-8-13(21-2)11-17(14)22-3/h5-11H,4H2,1-3H3. The zero-order chi connectivity index (χ0) is 17.1. The van der Waals surface area contributed by atoms with Gasteiger partial charge < -0.3 is 18.6 Å². The summed E-state index contributed by atoms with van der Waals surface area (Å²) in [5, 5.41) is 0.786. The molecule has 2 aromatic carbocycles. The Labute approximate surface area is 139 Å². The lowest BCUT2D eigenvalue weighted by atomic mass is 10.0. The van der Waals surface area contributed by atoms with Gasteiger partial charge in [0.05, 0.1) is 26.4 Å². The third-order valence-corrected chi connectivity index (χ3v) is 3.72. The number of benzene rings is 2. The first-order valence-corrected chi connectivity index (χ1v) is 7.60. The van der Waals surface area contributed by atoms with Gasteiger partial charge in [0.15, 0.2) is 11.3 Å². The van der Waals surface area contributed by atoms with Crippen molar-refractivity contribution in [2.24, 2.45) is 0 Å². The van der Waals surface area contributed by atoms with E-state index in [4.69, 9.17) is 18.6 Å². The van der Waals surface area contributed by atoms with Crippen molar-refractivity contribution in [1.82, 2.24) is 0 Å². The molecule has 1 aromatic heterocycles. The van der Waals surface area contributed by atoms with Gasteiger partial charge in [-0.15, -0.1) is 0 Å². The van der Waals surface area contributed by atoms with E-state index in [0.717, 1.165) is 5.39 Å². The molecule has 0 atom stereocenters. The summed E-state index contributed by atoms with van der Waals surface area (Å²) in [5.41, 5.74) is 1.07. The van der Waals surface area contributed by atoms with E-state index in [1.165, 1.54) is 0 Å². The van der Waals surface area contributed by atoms with E-state index in [9.17, 15) is 4.79 Å². The van der Waals surface area contributed by atoms with Crippen LogP contribution in [0.3, 0.4) is 0 Å². The maximum absolute atomic E-state index is 12.5. The predicted molar refractivity (Wildman–Crippen MR) is 92.2 cm³/mol. The van der Waals surface area contributed by atoms with Crippen molar-refractivity contribution >= 4 is 11.0 Å². The molecule has 0 aliphatic heterocycles. The highest BCUT2D eigenvalue weighted by molar-refractivity contribution is 5.87. The molecule has 0 radical (unpaired) electrons. The van der Waals surface area contributed by atoms with Crippen molar-refractivity contribution in [2.75, 3.05) is 20.8 Å². The molecule has 0 bridgehead atoms. The molecule has 124 valence electrons. The Kier molecular flexibility index (Phi) is 4.42. The van der Waals surface area contributed by atoms with E-state index in [1.54, 1.807) is 44.6 Å². The van der Waals surface area contributed by atoms with Gasteiger partial charge >= 0.3 is 5.63 Å². The Morgan fingerprint density at radius 1 is 0.958 bits per heavy atom. The van der Waals surface area contributed by atoms with Gasteiger partial charge in [0.1, 0.15) is 11.5 Å². The van der Waals surface area contributed by atoms with Crippen molar-refractivity contribution in [3.63, 3.8) is 0 Å². The van der Waals surface area contributed by atoms with Crippen molar-refractivity contribution in [3.8, 4) is 28.4 Å². The number of fused-ring (bicyclic) bond motifs is 1. The fourth-order valence-corrected chi connectivity index (χ4v) is 2.60. The fourth-order valence-electron chi connectivity index (χ4n) is 2.60. The van der Waals surface area contributed by atoms with Crippen molar-refractivity contribution in [2.45, 2.75) is 6.92 Å².